The summed E-state index contributed by atoms with van der Waals surface area (Å²) in [4.78, 5) is 14.7. The summed E-state index contributed by atoms with van der Waals surface area (Å²) in [5, 5.41) is 4.21. The van der Waals surface area contributed by atoms with Crippen LogP contribution in [0.15, 0.2) is 107 Å². The largest absolute Gasteiger partial charge is 0.367 e. The van der Waals surface area contributed by atoms with Crippen LogP contribution < -0.4 is 15.0 Å². The predicted molar refractivity (Wildman–Crippen MR) is 158 cm³/mol. The average Bonchev–Trinajstić information content (AvgIpc) is 2.94. The van der Waals surface area contributed by atoms with Gasteiger partial charge in [0.15, 0.2) is 0 Å². The van der Waals surface area contributed by atoms with Crippen LogP contribution in [0.5, 0.6) is 0 Å². The number of para-hydroxylation sites is 1. The molecule has 4 rings (SSSR count). The van der Waals surface area contributed by atoms with Gasteiger partial charge in [-0.3, -0.25) is 9.52 Å². The molecule has 2 N–H and O–H groups in total. The van der Waals surface area contributed by atoms with E-state index in [1.54, 1.807) is 18.2 Å². The first-order chi connectivity index (χ1) is 18.8. The maximum absolute atomic E-state index is 12.9. The number of halogens is 2. The first-order valence-electron chi connectivity index (χ1n) is 12.1. The van der Waals surface area contributed by atoms with E-state index in [9.17, 15) is 13.2 Å². The van der Waals surface area contributed by atoms with Gasteiger partial charge in [0.25, 0.3) is 15.9 Å². The van der Waals surface area contributed by atoms with E-state index in [2.05, 4.69) is 39.2 Å². The number of hydrogen-bond donors (Lipinski definition) is 2. The fourth-order valence-electron chi connectivity index (χ4n) is 3.78. The van der Waals surface area contributed by atoms with Gasteiger partial charge in [0.05, 0.1) is 21.9 Å². The van der Waals surface area contributed by atoms with Crippen LogP contribution in [-0.4, -0.2) is 27.1 Å². The van der Waals surface area contributed by atoms with Crippen LogP contribution in [0.4, 0.5) is 11.4 Å². The van der Waals surface area contributed by atoms with Crippen molar-refractivity contribution < 1.29 is 13.2 Å². The molecule has 0 radical (unpaired) electrons. The van der Waals surface area contributed by atoms with Crippen molar-refractivity contribution in [1.82, 2.24) is 5.43 Å². The Morgan fingerprint density at radius 1 is 0.897 bits per heavy atom. The van der Waals surface area contributed by atoms with Crippen molar-refractivity contribution in [2.45, 2.75) is 18.4 Å². The molecule has 0 fully saturated rings. The van der Waals surface area contributed by atoms with E-state index in [1.165, 1.54) is 36.0 Å². The zero-order valence-corrected chi connectivity index (χ0v) is 23.3. The van der Waals surface area contributed by atoms with Gasteiger partial charge in [0, 0.05) is 24.3 Å². The van der Waals surface area contributed by atoms with Gasteiger partial charge in [-0.25, -0.2) is 13.8 Å². The number of hydrazone groups is 1. The van der Waals surface area contributed by atoms with E-state index in [1.807, 2.05) is 42.5 Å². The first kappa shape index (κ1) is 28.2. The Kier molecular flexibility index (Phi) is 9.24. The number of carbonyl (C=O) groups excluding carboxylic acids is 1. The number of nitrogens with one attached hydrogen (secondary N) is 2. The molecule has 200 valence electrons. The number of sulfonamides is 1. The molecule has 7 nitrogen and oxygen atoms in total. The molecule has 0 saturated carbocycles. The highest BCUT2D eigenvalue weighted by atomic mass is 35.5. The van der Waals surface area contributed by atoms with Crippen LogP contribution >= 0.6 is 23.2 Å². The highest BCUT2D eigenvalue weighted by Crippen LogP contribution is 2.28. The van der Waals surface area contributed by atoms with E-state index in [0.717, 1.165) is 24.3 Å². The second kappa shape index (κ2) is 12.8. The molecule has 1 amide bonds. The molecule has 10 heteroatoms. The minimum atomic E-state index is -4.11. The quantitative estimate of drug-likeness (QED) is 0.163. The SMILES string of the molecule is CCN(Cc1ccccc1)c1ccc(C=NNC(=O)c2ccc(Cl)c(S(=O)(=O)Nc3ccccc3Cl)c2)cc1. The summed E-state index contributed by atoms with van der Waals surface area (Å²) in [6, 6.07) is 28.4. The number of anilines is 2. The van der Waals surface area contributed by atoms with Gasteiger partial charge in [-0.2, -0.15) is 5.10 Å². The molecular weight excluding hydrogens is 555 g/mol. The second-order valence-electron chi connectivity index (χ2n) is 8.52. The molecule has 0 heterocycles. The molecule has 0 aliphatic rings. The Bertz CT molecular complexity index is 1580. The van der Waals surface area contributed by atoms with Gasteiger partial charge in [-0.1, -0.05) is 77.8 Å². The van der Waals surface area contributed by atoms with Crippen LogP contribution in [0, 0.1) is 0 Å². The van der Waals surface area contributed by atoms with Crippen molar-refractivity contribution in [2.24, 2.45) is 5.10 Å². The highest BCUT2D eigenvalue weighted by molar-refractivity contribution is 7.92. The van der Waals surface area contributed by atoms with Crippen LogP contribution in [0.2, 0.25) is 10.0 Å². The first-order valence-corrected chi connectivity index (χ1v) is 14.3. The topological polar surface area (TPSA) is 90.9 Å². The van der Waals surface area contributed by atoms with Crippen LogP contribution in [0.25, 0.3) is 0 Å². The summed E-state index contributed by atoms with van der Waals surface area (Å²) < 4.78 is 28.3. The zero-order valence-electron chi connectivity index (χ0n) is 21.0. The van der Waals surface area contributed by atoms with Crippen molar-refractivity contribution in [3.63, 3.8) is 0 Å². The Morgan fingerprint density at radius 3 is 2.28 bits per heavy atom. The molecule has 0 saturated heterocycles. The van der Waals surface area contributed by atoms with Gasteiger partial charge in [-0.15, -0.1) is 0 Å². The maximum atomic E-state index is 12.9. The molecule has 0 aliphatic heterocycles. The number of rotatable bonds is 10. The zero-order chi connectivity index (χ0) is 27.8. The van der Waals surface area contributed by atoms with Crippen LogP contribution in [0.3, 0.4) is 0 Å². The van der Waals surface area contributed by atoms with Crippen molar-refractivity contribution in [2.75, 3.05) is 16.2 Å². The van der Waals surface area contributed by atoms with Crippen molar-refractivity contribution >= 4 is 56.7 Å². The van der Waals surface area contributed by atoms with E-state index < -0.39 is 15.9 Å². The average molecular weight is 582 g/mol. The lowest BCUT2D eigenvalue weighted by molar-refractivity contribution is 0.0955. The molecule has 4 aromatic carbocycles. The van der Waals surface area contributed by atoms with Crippen molar-refractivity contribution in [3.8, 4) is 0 Å². The van der Waals surface area contributed by atoms with Crippen molar-refractivity contribution in [3.05, 3.63) is 124 Å². The Hall–Kier alpha value is -3.85. The molecule has 4 aromatic rings. The van der Waals surface area contributed by atoms with Gasteiger partial charge < -0.3 is 4.90 Å². The summed E-state index contributed by atoms with van der Waals surface area (Å²) in [5.74, 6) is -0.589. The molecule has 39 heavy (non-hydrogen) atoms. The molecule has 0 unspecified atom stereocenters. The smallest absolute Gasteiger partial charge is 0.271 e. The number of carbonyl (C=O) groups is 1. The number of amides is 1. The second-order valence-corrected chi connectivity index (χ2v) is 11.0. The van der Waals surface area contributed by atoms with E-state index in [-0.39, 0.29) is 26.2 Å². The summed E-state index contributed by atoms with van der Waals surface area (Å²) in [6.07, 6.45) is 1.52. The van der Waals surface area contributed by atoms with E-state index in [0.29, 0.717) is 0 Å². The molecule has 0 aliphatic carbocycles. The predicted octanol–water partition coefficient (Wildman–Crippen LogP) is 6.58. The van der Waals surface area contributed by atoms with Gasteiger partial charge >= 0.3 is 0 Å². The minimum absolute atomic E-state index is 0.0388. The lowest BCUT2D eigenvalue weighted by atomic mass is 10.1. The fourth-order valence-corrected chi connectivity index (χ4v) is 5.63. The third kappa shape index (κ3) is 7.38. The van der Waals surface area contributed by atoms with E-state index in [4.69, 9.17) is 23.2 Å². The fraction of sp³-hybridized carbons (Fsp3) is 0.103. The van der Waals surface area contributed by atoms with Gasteiger partial charge in [-0.05, 0) is 60.5 Å². The Balaban J connectivity index is 1.41. The van der Waals surface area contributed by atoms with Gasteiger partial charge in [0.1, 0.15) is 4.90 Å². The van der Waals surface area contributed by atoms with Crippen LogP contribution in [-0.2, 0) is 16.6 Å². The van der Waals surface area contributed by atoms with Crippen LogP contribution in [0.1, 0.15) is 28.4 Å². The Labute approximate surface area is 238 Å². The Morgan fingerprint density at radius 2 is 1.59 bits per heavy atom. The van der Waals surface area contributed by atoms with Crippen molar-refractivity contribution in [1.29, 1.82) is 0 Å². The van der Waals surface area contributed by atoms with E-state index >= 15 is 0 Å². The minimum Gasteiger partial charge on any atom is -0.367 e. The summed E-state index contributed by atoms with van der Waals surface area (Å²) in [6.45, 7) is 3.76. The standard InChI is InChI=1S/C29H26Cl2N4O3S/c1-2-35(20-22-8-4-3-5-9-22)24-15-12-21(13-16-24)19-32-33-29(36)23-14-17-26(31)28(18-23)39(37,38)34-27-11-7-6-10-25(27)30/h3-19,34H,2,20H2,1H3,(H,33,36). The summed E-state index contributed by atoms with van der Waals surface area (Å²) in [5.41, 5.74) is 5.79. The normalized spacial score (nSPS) is 11.4. The lowest BCUT2D eigenvalue weighted by Gasteiger charge is -2.23. The molecule has 0 aromatic heterocycles. The molecule has 0 spiro atoms. The number of benzene rings is 4. The summed E-state index contributed by atoms with van der Waals surface area (Å²) in [7, 11) is -4.11. The third-order valence-electron chi connectivity index (χ3n) is 5.84. The lowest BCUT2D eigenvalue weighted by Crippen LogP contribution is -2.21. The number of hydrogen-bond acceptors (Lipinski definition) is 5. The highest BCUT2D eigenvalue weighted by Gasteiger charge is 2.21. The monoisotopic (exact) mass is 580 g/mol. The van der Waals surface area contributed by atoms with Gasteiger partial charge in [0.2, 0.25) is 0 Å². The third-order valence-corrected chi connectivity index (χ3v) is 8.01. The molecular formula is C29H26Cl2N4O3S. The summed E-state index contributed by atoms with van der Waals surface area (Å²) >= 11 is 12.2. The maximum Gasteiger partial charge on any atom is 0.271 e. The number of nitrogens with zero attached hydrogens (tertiary/aromatic N) is 2. The molecule has 0 bridgehead atoms. The molecule has 0 atom stereocenters.